The molecule has 1 N–H and O–H groups in total. The van der Waals surface area contributed by atoms with Gasteiger partial charge in [-0.1, -0.05) is 26.8 Å². The van der Waals surface area contributed by atoms with Gasteiger partial charge in [0.05, 0.1) is 11.4 Å². The second-order valence-corrected chi connectivity index (χ2v) is 6.73. The highest BCUT2D eigenvalue weighted by Crippen LogP contribution is 2.28. The van der Waals surface area contributed by atoms with E-state index in [1.165, 1.54) is 6.07 Å². The van der Waals surface area contributed by atoms with Crippen molar-refractivity contribution < 1.29 is 4.39 Å². The van der Waals surface area contributed by atoms with Crippen LogP contribution < -0.4 is 5.32 Å². The molecule has 0 atom stereocenters. The number of hydrogen-bond acceptors (Lipinski definition) is 2. The summed E-state index contributed by atoms with van der Waals surface area (Å²) in [5.74, 6) is -0.263. The number of aryl methyl sites for hydroxylation is 1. The predicted octanol–water partition coefficient (Wildman–Crippen LogP) is 4.23. The zero-order valence-electron chi connectivity index (χ0n) is 12.2. The third-order valence-corrected chi connectivity index (χ3v) is 3.69. The van der Waals surface area contributed by atoms with Gasteiger partial charge in [0, 0.05) is 35.2 Å². The van der Waals surface area contributed by atoms with Crippen molar-refractivity contribution in [2.24, 2.45) is 7.05 Å². The van der Waals surface area contributed by atoms with Crippen LogP contribution in [0.25, 0.3) is 0 Å². The second-order valence-electron chi connectivity index (χ2n) is 5.88. The Hall–Kier alpha value is -1.36. The van der Waals surface area contributed by atoms with Gasteiger partial charge < -0.3 is 5.32 Å². The van der Waals surface area contributed by atoms with Crippen LogP contribution in [-0.4, -0.2) is 9.78 Å². The largest absolute Gasteiger partial charge is 0.378 e. The molecule has 2 aromatic rings. The minimum atomic E-state index is -0.263. The van der Waals surface area contributed by atoms with Crippen LogP contribution in [0.15, 0.2) is 28.9 Å². The predicted molar refractivity (Wildman–Crippen MR) is 83.3 cm³/mol. The molecule has 0 aliphatic heterocycles. The average Bonchev–Trinajstić information content (AvgIpc) is 2.70. The van der Waals surface area contributed by atoms with Crippen LogP contribution >= 0.6 is 15.9 Å². The topological polar surface area (TPSA) is 29.9 Å². The number of anilines is 1. The van der Waals surface area contributed by atoms with E-state index in [2.05, 4.69) is 47.1 Å². The molecule has 0 aliphatic carbocycles. The Bertz CT molecular complexity index is 594. The summed E-state index contributed by atoms with van der Waals surface area (Å²) in [4.78, 5) is 0. The van der Waals surface area contributed by atoms with Crippen LogP contribution in [0.2, 0.25) is 0 Å². The number of nitrogens with zero attached hydrogens (tertiary/aromatic N) is 2. The summed E-state index contributed by atoms with van der Waals surface area (Å²) in [6.45, 7) is 6.91. The Labute approximate surface area is 127 Å². The summed E-state index contributed by atoms with van der Waals surface area (Å²) >= 11 is 3.36. The lowest BCUT2D eigenvalue weighted by atomic mass is 9.89. The number of nitrogens with one attached hydrogen (secondary N) is 1. The van der Waals surface area contributed by atoms with E-state index in [0.29, 0.717) is 12.2 Å². The maximum atomic E-state index is 13.8. The van der Waals surface area contributed by atoms with Crippen molar-refractivity contribution in [1.82, 2.24) is 9.78 Å². The highest BCUT2D eigenvalue weighted by molar-refractivity contribution is 9.10. The van der Waals surface area contributed by atoms with Crippen molar-refractivity contribution in [3.63, 3.8) is 0 Å². The lowest BCUT2D eigenvalue weighted by Crippen LogP contribution is -2.16. The van der Waals surface area contributed by atoms with E-state index in [0.717, 1.165) is 15.7 Å². The van der Waals surface area contributed by atoms with Crippen LogP contribution in [0.5, 0.6) is 0 Å². The lowest BCUT2D eigenvalue weighted by Gasteiger charge is -2.18. The van der Waals surface area contributed by atoms with Crippen molar-refractivity contribution in [3.05, 3.63) is 45.9 Å². The Kier molecular flexibility index (Phi) is 4.18. The number of hydrogen-bond donors (Lipinski definition) is 1. The molecule has 20 heavy (non-hydrogen) atoms. The Morgan fingerprint density at radius 2 is 2.05 bits per heavy atom. The molecule has 3 nitrogen and oxygen atoms in total. The molecule has 0 saturated carbocycles. The Balaban J connectivity index is 2.24. The van der Waals surface area contributed by atoms with E-state index >= 15 is 0 Å². The Morgan fingerprint density at radius 3 is 2.65 bits per heavy atom. The van der Waals surface area contributed by atoms with Gasteiger partial charge in [0.15, 0.2) is 0 Å². The van der Waals surface area contributed by atoms with Crippen molar-refractivity contribution in [1.29, 1.82) is 0 Å². The molecule has 0 radical (unpaired) electrons. The van der Waals surface area contributed by atoms with E-state index in [1.54, 1.807) is 10.7 Å². The molecule has 0 spiro atoms. The van der Waals surface area contributed by atoms with Gasteiger partial charge in [0.25, 0.3) is 0 Å². The molecule has 0 bridgehead atoms. The maximum Gasteiger partial charge on any atom is 0.147 e. The standard InChI is InChI=1S/C15H19BrFN3/c1-15(2,3)14-10(9-20(4)19-14)8-18-13-11(16)6-5-7-12(13)17/h5-7,9,18H,8H2,1-4H3. The fourth-order valence-electron chi connectivity index (χ4n) is 2.15. The molecule has 0 saturated heterocycles. The first-order valence-electron chi connectivity index (χ1n) is 6.50. The van der Waals surface area contributed by atoms with Gasteiger partial charge in [-0.05, 0) is 28.1 Å². The summed E-state index contributed by atoms with van der Waals surface area (Å²) in [6, 6.07) is 4.94. The van der Waals surface area contributed by atoms with Crippen LogP contribution in [0.3, 0.4) is 0 Å². The third kappa shape index (κ3) is 3.20. The van der Waals surface area contributed by atoms with Crippen molar-refractivity contribution in [2.75, 3.05) is 5.32 Å². The zero-order valence-corrected chi connectivity index (χ0v) is 13.8. The molecule has 0 aliphatic rings. The van der Waals surface area contributed by atoms with Gasteiger partial charge in [-0.15, -0.1) is 0 Å². The Morgan fingerprint density at radius 1 is 1.35 bits per heavy atom. The van der Waals surface area contributed by atoms with Crippen molar-refractivity contribution >= 4 is 21.6 Å². The first kappa shape index (κ1) is 15.0. The van der Waals surface area contributed by atoms with E-state index in [1.807, 2.05) is 19.3 Å². The minimum Gasteiger partial charge on any atom is -0.378 e. The fraction of sp³-hybridized carbons (Fsp3) is 0.400. The molecule has 2 rings (SSSR count). The molecule has 108 valence electrons. The molecule has 5 heteroatoms. The number of para-hydroxylation sites is 1. The van der Waals surface area contributed by atoms with Crippen LogP contribution in [0, 0.1) is 5.82 Å². The molecule has 0 fully saturated rings. The molecule has 1 heterocycles. The van der Waals surface area contributed by atoms with Gasteiger partial charge in [0.1, 0.15) is 5.82 Å². The van der Waals surface area contributed by atoms with Crippen molar-refractivity contribution in [2.45, 2.75) is 32.7 Å². The summed E-state index contributed by atoms with van der Waals surface area (Å²) in [5.41, 5.74) is 2.55. The van der Waals surface area contributed by atoms with E-state index in [9.17, 15) is 4.39 Å². The van der Waals surface area contributed by atoms with Gasteiger partial charge in [-0.25, -0.2) is 4.39 Å². The summed E-state index contributed by atoms with van der Waals surface area (Å²) in [5, 5.41) is 7.66. The smallest absolute Gasteiger partial charge is 0.147 e. The van der Waals surface area contributed by atoms with Gasteiger partial charge >= 0.3 is 0 Å². The summed E-state index contributed by atoms with van der Waals surface area (Å²) in [7, 11) is 1.90. The zero-order chi connectivity index (χ0) is 14.9. The maximum absolute atomic E-state index is 13.8. The fourth-order valence-corrected chi connectivity index (χ4v) is 2.63. The normalized spacial score (nSPS) is 11.7. The molecule has 0 unspecified atom stereocenters. The second kappa shape index (κ2) is 5.56. The molecular weight excluding hydrogens is 321 g/mol. The van der Waals surface area contributed by atoms with E-state index in [4.69, 9.17) is 0 Å². The molecular formula is C15H19BrFN3. The van der Waals surface area contributed by atoms with Crippen LogP contribution in [-0.2, 0) is 19.0 Å². The number of benzene rings is 1. The number of halogens is 2. The summed E-state index contributed by atoms with van der Waals surface area (Å²) in [6.07, 6.45) is 1.97. The number of aromatic nitrogens is 2. The first-order valence-corrected chi connectivity index (χ1v) is 7.29. The van der Waals surface area contributed by atoms with E-state index in [-0.39, 0.29) is 11.2 Å². The molecule has 0 amide bonds. The average molecular weight is 340 g/mol. The lowest BCUT2D eigenvalue weighted by molar-refractivity contribution is 0.549. The van der Waals surface area contributed by atoms with Gasteiger partial charge in [-0.2, -0.15) is 5.10 Å². The van der Waals surface area contributed by atoms with Gasteiger partial charge in [0.2, 0.25) is 0 Å². The summed E-state index contributed by atoms with van der Waals surface area (Å²) < 4.78 is 16.3. The molecule has 1 aromatic heterocycles. The third-order valence-electron chi connectivity index (χ3n) is 3.03. The quantitative estimate of drug-likeness (QED) is 0.906. The van der Waals surface area contributed by atoms with Crippen molar-refractivity contribution in [3.8, 4) is 0 Å². The minimum absolute atomic E-state index is 0.0370. The highest BCUT2D eigenvalue weighted by Gasteiger charge is 2.21. The molecule has 1 aromatic carbocycles. The number of rotatable bonds is 3. The van der Waals surface area contributed by atoms with Crippen LogP contribution in [0.1, 0.15) is 32.0 Å². The highest BCUT2D eigenvalue weighted by atomic mass is 79.9. The monoisotopic (exact) mass is 339 g/mol. The van der Waals surface area contributed by atoms with Crippen LogP contribution in [0.4, 0.5) is 10.1 Å². The first-order chi connectivity index (χ1) is 9.29. The van der Waals surface area contributed by atoms with E-state index < -0.39 is 0 Å². The SMILES string of the molecule is Cn1cc(CNc2c(F)cccc2Br)c(C(C)(C)C)n1. The van der Waals surface area contributed by atoms with Gasteiger partial charge in [-0.3, -0.25) is 4.68 Å².